The maximum Gasteiger partial charge on any atom is 0.264 e. The fourth-order valence-corrected chi connectivity index (χ4v) is 6.07. The third-order valence-electron chi connectivity index (χ3n) is 6.86. The van der Waals surface area contributed by atoms with E-state index in [9.17, 15) is 22.4 Å². The van der Waals surface area contributed by atoms with Crippen molar-refractivity contribution in [2.24, 2.45) is 0 Å². The van der Waals surface area contributed by atoms with Gasteiger partial charge in [0.2, 0.25) is 11.8 Å². The third-order valence-corrected chi connectivity index (χ3v) is 8.65. The zero-order chi connectivity index (χ0) is 30.8. The largest absolute Gasteiger partial charge is 0.494 e. The molecule has 4 aromatic carbocycles. The molecule has 4 aromatic rings. The van der Waals surface area contributed by atoms with E-state index in [0.717, 1.165) is 9.87 Å². The average Bonchev–Trinajstić information content (AvgIpc) is 3.03. The van der Waals surface area contributed by atoms with Crippen LogP contribution in [0.25, 0.3) is 0 Å². The maximum absolute atomic E-state index is 14.9. The van der Waals surface area contributed by atoms with Crippen molar-refractivity contribution in [1.29, 1.82) is 0 Å². The van der Waals surface area contributed by atoms with Crippen LogP contribution in [0.15, 0.2) is 114 Å². The monoisotopic (exact) mass is 603 g/mol. The topological polar surface area (TPSA) is 96.0 Å². The molecule has 0 heterocycles. The van der Waals surface area contributed by atoms with Crippen molar-refractivity contribution in [1.82, 2.24) is 10.2 Å². The van der Waals surface area contributed by atoms with Crippen LogP contribution in [-0.4, -0.2) is 51.4 Å². The molecule has 0 saturated carbocycles. The van der Waals surface area contributed by atoms with E-state index in [1.54, 1.807) is 48.5 Å². The van der Waals surface area contributed by atoms with Crippen molar-refractivity contribution in [3.05, 3.63) is 126 Å². The highest BCUT2D eigenvalue weighted by Crippen LogP contribution is 2.26. The van der Waals surface area contributed by atoms with Crippen molar-refractivity contribution in [2.75, 3.05) is 24.5 Å². The molecule has 1 unspecified atom stereocenters. The van der Waals surface area contributed by atoms with Crippen LogP contribution >= 0.6 is 0 Å². The Balaban J connectivity index is 1.76. The Hall–Kier alpha value is -4.70. The SMILES string of the molecule is CCOc1ccc(S(=O)(=O)N(CC(=O)N(Cc2ccccc2F)C(Cc2ccccc2)C(=O)NC)c2ccccc2)cc1. The molecule has 0 aliphatic heterocycles. The second-order valence-corrected chi connectivity index (χ2v) is 11.5. The first kappa shape index (κ1) is 31.2. The molecule has 0 bridgehead atoms. The van der Waals surface area contributed by atoms with Gasteiger partial charge in [-0.1, -0.05) is 66.7 Å². The van der Waals surface area contributed by atoms with Crippen LogP contribution in [-0.2, 0) is 32.6 Å². The number of likely N-dealkylation sites (N-methyl/N-ethyl adjacent to an activating group) is 1. The predicted octanol–water partition coefficient (Wildman–Crippen LogP) is 4.81. The van der Waals surface area contributed by atoms with E-state index in [0.29, 0.717) is 12.4 Å². The summed E-state index contributed by atoms with van der Waals surface area (Å²) in [5.74, 6) is -1.17. The molecule has 0 fully saturated rings. The van der Waals surface area contributed by atoms with Crippen molar-refractivity contribution in [2.45, 2.75) is 30.8 Å². The Morgan fingerprint density at radius 3 is 2.07 bits per heavy atom. The van der Waals surface area contributed by atoms with Crippen LogP contribution in [0.1, 0.15) is 18.1 Å². The van der Waals surface area contributed by atoms with Gasteiger partial charge in [0, 0.05) is 25.6 Å². The molecule has 8 nitrogen and oxygen atoms in total. The van der Waals surface area contributed by atoms with Crippen molar-refractivity contribution < 1.29 is 27.1 Å². The Morgan fingerprint density at radius 2 is 1.47 bits per heavy atom. The van der Waals surface area contributed by atoms with Crippen LogP contribution in [0.5, 0.6) is 5.75 Å². The minimum absolute atomic E-state index is 0.0413. The Kier molecular flexibility index (Phi) is 10.5. The van der Waals surface area contributed by atoms with E-state index in [4.69, 9.17) is 4.74 Å². The highest BCUT2D eigenvalue weighted by molar-refractivity contribution is 7.92. The molecule has 0 aliphatic rings. The zero-order valence-electron chi connectivity index (χ0n) is 24.0. The lowest BCUT2D eigenvalue weighted by Gasteiger charge is -2.33. The maximum atomic E-state index is 14.9. The van der Waals surface area contributed by atoms with Crippen LogP contribution in [0.2, 0.25) is 0 Å². The van der Waals surface area contributed by atoms with Crippen LogP contribution < -0.4 is 14.4 Å². The predicted molar refractivity (Wildman–Crippen MR) is 164 cm³/mol. The Labute approximate surface area is 251 Å². The summed E-state index contributed by atoms with van der Waals surface area (Å²) in [5, 5.41) is 2.61. The van der Waals surface area contributed by atoms with Gasteiger partial charge in [0.15, 0.2) is 0 Å². The number of nitrogens with one attached hydrogen (secondary N) is 1. The minimum atomic E-state index is -4.25. The first-order valence-corrected chi connectivity index (χ1v) is 15.3. The summed E-state index contributed by atoms with van der Waals surface area (Å²) < 4.78 is 49.3. The van der Waals surface area contributed by atoms with Gasteiger partial charge >= 0.3 is 0 Å². The van der Waals surface area contributed by atoms with Gasteiger partial charge < -0.3 is 15.0 Å². The Bertz CT molecular complexity index is 1620. The zero-order valence-corrected chi connectivity index (χ0v) is 24.8. The number of para-hydroxylation sites is 1. The van der Waals surface area contributed by atoms with Gasteiger partial charge in [-0.05, 0) is 55.0 Å². The molecule has 10 heteroatoms. The second kappa shape index (κ2) is 14.5. The summed E-state index contributed by atoms with van der Waals surface area (Å²) >= 11 is 0. The van der Waals surface area contributed by atoms with Gasteiger partial charge in [-0.15, -0.1) is 0 Å². The number of carbonyl (C=O) groups is 2. The first-order chi connectivity index (χ1) is 20.7. The molecule has 0 radical (unpaired) electrons. The average molecular weight is 604 g/mol. The van der Waals surface area contributed by atoms with Gasteiger partial charge in [0.25, 0.3) is 10.0 Å². The summed E-state index contributed by atoms with van der Waals surface area (Å²) in [6.45, 7) is 1.37. The number of amides is 2. The molecule has 43 heavy (non-hydrogen) atoms. The summed E-state index contributed by atoms with van der Waals surface area (Å²) in [6.07, 6.45) is 0.137. The van der Waals surface area contributed by atoms with E-state index in [1.165, 1.54) is 42.3 Å². The first-order valence-electron chi connectivity index (χ1n) is 13.8. The number of sulfonamides is 1. The molecule has 0 aliphatic carbocycles. The highest BCUT2D eigenvalue weighted by Gasteiger charge is 2.34. The van der Waals surface area contributed by atoms with Crippen molar-refractivity contribution in [3.8, 4) is 5.75 Å². The summed E-state index contributed by atoms with van der Waals surface area (Å²) in [5.41, 5.74) is 1.23. The van der Waals surface area contributed by atoms with E-state index in [1.807, 2.05) is 37.3 Å². The molecular weight excluding hydrogens is 569 g/mol. The van der Waals surface area contributed by atoms with Crippen LogP contribution in [0.4, 0.5) is 10.1 Å². The fourth-order valence-electron chi connectivity index (χ4n) is 4.66. The molecule has 0 saturated heterocycles. The molecule has 1 atom stereocenters. The second-order valence-electron chi connectivity index (χ2n) is 9.68. The van der Waals surface area contributed by atoms with Crippen molar-refractivity contribution >= 4 is 27.5 Å². The molecule has 2 amide bonds. The lowest BCUT2D eigenvalue weighted by molar-refractivity contribution is -0.139. The number of ether oxygens (including phenoxy) is 1. The minimum Gasteiger partial charge on any atom is -0.494 e. The van der Waals surface area contributed by atoms with Gasteiger partial charge in [-0.3, -0.25) is 13.9 Å². The smallest absolute Gasteiger partial charge is 0.264 e. The third kappa shape index (κ3) is 7.78. The molecule has 0 aromatic heterocycles. The van der Waals surface area contributed by atoms with E-state index in [-0.39, 0.29) is 29.1 Å². The van der Waals surface area contributed by atoms with Gasteiger partial charge in [0.1, 0.15) is 24.2 Å². The number of anilines is 1. The van der Waals surface area contributed by atoms with Crippen molar-refractivity contribution in [3.63, 3.8) is 0 Å². The normalized spacial score (nSPS) is 11.8. The standard InChI is InChI=1S/C33H34FN3O5S/c1-3-42-28-18-20-29(21-19-28)43(40,41)37(27-15-8-5-9-16-27)24-32(38)36(23-26-14-10-11-17-30(26)34)31(33(39)35-2)22-25-12-6-4-7-13-25/h4-21,31H,3,22-24H2,1-2H3,(H,35,39). The van der Waals surface area contributed by atoms with Gasteiger partial charge in [-0.25, -0.2) is 12.8 Å². The lowest BCUT2D eigenvalue weighted by atomic mass is 10.0. The quantitative estimate of drug-likeness (QED) is 0.237. The number of carbonyl (C=O) groups excluding carboxylic acids is 2. The summed E-state index contributed by atoms with van der Waals surface area (Å²) in [6, 6.07) is 28.2. The number of halogens is 1. The highest BCUT2D eigenvalue weighted by atomic mass is 32.2. The van der Waals surface area contributed by atoms with Gasteiger partial charge in [0.05, 0.1) is 17.2 Å². The molecule has 0 spiro atoms. The van der Waals surface area contributed by atoms with Gasteiger partial charge in [-0.2, -0.15) is 0 Å². The van der Waals surface area contributed by atoms with E-state index >= 15 is 0 Å². The van der Waals surface area contributed by atoms with E-state index in [2.05, 4.69) is 5.32 Å². The number of rotatable bonds is 13. The lowest BCUT2D eigenvalue weighted by Crippen LogP contribution is -2.53. The number of hydrogen-bond acceptors (Lipinski definition) is 5. The Morgan fingerprint density at radius 1 is 0.860 bits per heavy atom. The van der Waals surface area contributed by atoms with E-state index < -0.39 is 40.2 Å². The molecule has 1 N–H and O–H groups in total. The van der Waals surface area contributed by atoms with Crippen LogP contribution in [0, 0.1) is 5.82 Å². The molecular formula is C33H34FN3O5S. The number of benzene rings is 4. The number of hydrogen-bond donors (Lipinski definition) is 1. The number of nitrogens with zero attached hydrogens (tertiary/aromatic N) is 2. The molecule has 224 valence electrons. The van der Waals surface area contributed by atoms with Crippen LogP contribution in [0.3, 0.4) is 0 Å². The fraction of sp³-hybridized carbons (Fsp3) is 0.212. The molecule has 4 rings (SSSR count). The summed E-state index contributed by atoms with van der Waals surface area (Å²) in [7, 11) is -2.79. The summed E-state index contributed by atoms with van der Waals surface area (Å²) in [4.78, 5) is 28.7.